The third kappa shape index (κ3) is 5.04. The molecule has 0 aromatic heterocycles. The molecule has 2 aromatic rings. The van der Waals surface area contributed by atoms with Gasteiger partial charge in [-0.1, -0.05) is 74.2 Å². The van der Waals surface area contributed by atoms with Crippen molar-refractivity contribution in [3.8, 4) is 0 Å². The van der Waals surface area contributed by atoms with Crippen LogP contribution in [0.3, 0.4) is 0 Å². The van der Waals surface area contributed by atoms with Gasteiger partial charge in [0.05, 0.1) is 19.5 Å². The highest BCUT2D eigenvalue weighted by atomic mass is 35.5. The lowest BCUT2D eigenvalue weighted by Crippen LogP contribution is -2.47. The Hall–Kier alpha value is -1.55. The third-order valence-corrected chi connectivity index (χ3v) is 5.58. The van der Waals surface area contributed by atoms with Crippen molar-refractivity contribution in [2.45, 2.75) is 46.0 Å². The Morgan fingerprint density at radius 1 is 0.926 bits per heavy atom. The molecule has 0 heterocycles. The molecular weight excluding hydrogens is 379 g/mol. The molecule has 1 amide bonds. The smallest absolute Gasteiger partial charge is 0.222 e. The van der Waals surface area contributed by atoms with E-state index in [2.05, 4.69) is 19.9 Å². The van der Waals surface area contributed by atoms with Gasteiger partial charge in [0.15, 0.2) is 5.69 Å². The van der Waals surface area contributed by atoms with E-state index in [0.29, 0.717) is 14.5 Å². The van der Waals surface area contributed by atoms with E-state index in [1.165, 1.54) is 0 Å². The highest BCUT2D eigenvalue weighted by Crippen LogP contribution is 2.46. The molecule has 0 radical (unpaired) electrons. The number of amides is 1. The molecular formula is C22H29Cl2N2O+. The highest BCUT2D eigenvalue weighted by Gasteiger charge is 2.38. The van der Waals surface area contributed by atoms with Gasteiger partial charge in [0.1, 0.15) is 15.7 Å². The molecule has 0 saturated carbocycles. The molecule has 0 aliphatic carbocycles. The van der Waals surface area contributed by atoms with Gasteiger partial charge in [0.25, 0.3) is 0 Å². The zero-order chi connectivity index (χ0) is 19.9. The Bertz CT molecular complexity index is 748. The van der Waals surface area contributed by atoms with Crippen LogP contribution in [0.15, 0.2) is 42.5 Å². The Morgan fingerprint density at radius 3 is 2.00 bits per heavy atom. The summed E-state index contributed by atoms with van der Waals surface area (Å²) < 4.78 is 0.545. The van der Waals surface area contributed by atoms with Crippen molar-refractivity contribution in [2.75, 3.05) is 13.1 Å². The van der Waals surface area contributed by atoms with E-state index in [0.717, 1.165) is 55.7 Å². The van der Waals surface area contributed by atoms with Crippen molar-refractivity contribution in [1.29, 1.82) is 0 Å². The number of hydrogen-bond acceptors (Lipinski definition) is 1. The summed E-state index contributed by atoms with van der Waals surface area (Å²) in [5.41, 5.74) is 8.46. The molecule has 0 saturated heterocycles. The minimum atomic E-state index is -0.336. The first kappa shape index (κ1) is 21.7. The fraction of sp³-hybridized carbons (Fsp3) is 0.409. The van der Waals surface area contributed by atoms with Crippen LogP contribution in [0, 0.1) is 0 Å². The Morgan fingerprint density at radius 2 is 1.48 bits per heavy atom. The number of rotatable bonds is 10. The van der Waals surface area contributed by atoms with Gasteiger partial charge in [-0.25, -0.2) is 0 Å². The van der Waals surface area contributed by atoms with Crippen LogP contribution in [0.25, 0.3) is 0 Å². The molecule has 0 aliphatic rings. The molecule has 2 aromatic carbocycles. The number of halogens is 2. The zero-order valence-corrected chi connectivity index (χ0v) is 17.7. The summed E-state index contributed by atoms with van der Waals surface area (Å²) in [6.07, 6.45) is 4.38. The predicted octanol–water partition coefficient (Wildman–Crippen LogP) is 6.26. The maximum atomic E-state index is 11.7. The minimum absolute atomic E-state index is 0.205. The lowest BCUT2D eigenvalue weighted by atomic mass is 10.0. The number of hydrogen-bond donors (Lipinski definition) is 1. The lowest BCUT2D eigenvalue weighted by molar-refractivity contribution is -0.117. The van der Waals surface area contributed by atoms with Gasteiger partial charge in [-0.05, 0) is 31.0 Å². The summed E-state index contributed by atoms with van der Waals surface area (Å²) in [7, 11) is 0. The molecule has 2 rings (SSSR count). The van der Waals surface area contributed by atoms with Crippen LogP contribution in [-0.4, -0.2) is 19.0 Å². The average molecular weight is 408 g/mol. The Kier molecular flexibility index (Phi) is 8.15. The number of carbonyl (C=O) groups is 1. The molecule has 2 N–H and O–H groups in total. The van der Waals surface area contributed by atoms with Crippen molar-refractivity contribution < 1.29 is 4.79 Å². The van der Waals surface area contributed by atoms with Crippen LogP contribution in [0.1, 0.15) is 45.1 Å². The number of benzene rings is 2. The second-order valence-corrected chi connectivity index (χ2v) is 7.78. The number of primary amides is 1. The zero-order valence-electron chi connectivity index (χ0n) is 16.2. The summed E-state index contributed by atoms with van der Waals surface area (Å²) in [6.45, 7) is 6.10. The van der Waals surface area contributed by atoms with Gasteiger partial charge < -0.3 is 5.73 Å². The van der Waals surface area contributed by atoms with E-state index in [4.69, 9.17) is 28.9 Å². The summed E-state index contributed by atoms with van der Waals surface area (Å²) >= 11 is 13.4. The molecule has 0 fully saturated rings. The molecule has 3 nitrogen and oxygen atoms in total. The Balaban J connectivity index is 2.77. The number of nitrogens with zero attached hydrogens (tertiary/aromatic N) is 1. The summed E-state index contributed by atoms with van der Waals surface area (Å²) in [4.78, 5) is 11.7. The molecule has 0 bridgehead atoms. The molecule has 27 heavy (non-hydrogen) atoms. The van der Waals surface area contributed by atoms with Gasteiger partial charge in [-0.3, -0.25) is 9.28 Å². The second kappa shape index (κ2) is 10.1. The molecule has 0 atom stereocenters. The van der Waals surface area contributed by atoms with Crippen LogP contribution >= 0.6 is 23.2 Å². The molecule has 0 spiro atoms. The van der Waals surface area contributed by atoms with E-state index >= 15 is 0 Å². The third-order valence-electron chi connectivity index (χ3n) is 4.97. The summed E-state index contributed by atoms with van der Waals surface area (Å²) in [6, 6.07) is 13.7. The predicted molar refractivity (Wildman–Crippen MR) is 117 cm³/mol. The first-order valence-electron chi connectivity index (χ1n) is 9.64. The van der Waals surface area contributed by atoms with Crippen LogP contribution in [0.5, 0.6) is 0 Å². The monoisotopic (exact) mass is 407 g/mol. The van der Waals surface area contributed by atoms with E-state index in [9.17, 15) is 4.79 Å². The lowest BCUT2D eigenvalue weighted by Gasteiger charge is -2.40. The number of quaternary nitrogens is 1. The average Bonchev–Trinajstić information content (AvgIpc) is 2.63. The van der Waals surface area contributed by atoms with E-state index in [1.54, 1.807) is 0 Å². The molecule has 146 valence electrons. The topological polar surface area (TPSA) is 43.1 Å². The summed E-state index contributed by atoms with van der Waals surface area (Å²) in [5, 5.41) is 1.31. The molecule has 0 aliphatic heterocycles. The van der Waals surface area contributed by atoms with Crippen molar-refractivity contribution >= 4 is 40.5 Å². The van der Waals surface area contributed by atoms with Gasteiger partial charge in [0.2, 0.25) is 5.91 Å². The normalized spacial score (nSPS) is 11.6. The van der Waals surface area contributed by atoms with Crippen molar-refractivity contribution in [1.82, 2.24) is 4.48 Å². The fourth-order valence-corrected chi connectivity index (χ4v) is 4.44. The van der Waals surface area contributed by atoms with Crippen LogP contribution in [0.2, 0.25) is 10.0 Å². The largest absolute Gasteiger partial charge is 0.369 e. The maximum absolute atomic E-state index is 11.7. The second-order valence-electron chi connectivity index (χ2n) is 6.96. The number of unbranched alkanes of at least 4 members (excludes halogenated alkanes) is 2. The highest BCUT2D eigenvalue weighted by molar-refractivity contribution is 6.39. The first-order chi connectivity index (χ1) is 13.0. The molecule has 0 unspecified atom stereocenters. The number of para-hydroxylation sites is 2. The van der Waals surface area contributed by atoms with Crippen molar-refractivity contribution in [3.63, 3.8) is 0 Å². The SMILES string of the molecule is CCCC[N+](CCCC)(c1ccccc1CC(N)=O)c1c(Cl)cccc1Cl. The van der Waals surface area contributed by atoms with Crippen molar-refractivity contribution in [3.05, 3.63) is 58.1 Å². The summed E-state index contributed by atoms with van der Waals surface area (Å²) in [5.74, 6) is -0.336. The standard InChI is InChI=1S/C22H28Cl2N2O/c1-3-5-14-26(15-6-4-2,22-18(23)11-9-12-19(22)24)20-13-8-7-10-17(20)16-21(25)27/h7-13H,3-6,14-16H2,1-2H3,(H-,25,27)/p+1. The maximum Gasteiger partial charge on any atom is 0.222 e. The quantitative estimate of drug-likeness (QED) is 0.463. The van der Waals surface area contributed by atoms with E-state index < -0.39 is 0 Å². The van der Waals surface area contributed by atoms with E-state index in [-0.39, 0.29) is 12.3 Å². The first-order valence-corrected chi connectivity index (χ1v) is 10.4. The Labute approximate surface area is 172 Å². The van der Waals surface area contributed by atoms with Gasteiger partial charge in [-0.15, -0.1) is 0 Å². The van der Waals surface area contributed by atoms with E-state index in [1.807, 2.05) is 36.4 Å². The van der Waals surface area contributed by atoms with Gasteiger partial charge in [0, 0.05) is 5.56 Å². The fourth-order valence-electron chi connectivity index (χ4n) is 3.72. The van der Waals surface area contributed by atoms with Crippen LogP contribution in [0.4, 0.5) is 11.4 Å². The number of carbonyl (C=O) groups excluding carboxylic acids is 1. The van der Waals surface area contributed by atoms with Gasteiger partial charge in [-0.2, -0.15) is 0 Å². The van der Waals surface area contributed by atoms with Crippen molar-refractivity contribution in [2.24, 2.45) is 5.73 Å². The van der Waals surface area contributed by atoms with Crippen LogP contribution in [-0.2, 0) is 11.2 Å². The van der Waals surface area contributed by atoms with Crippen LogP contribution < -0.4 is 10.2 Å². The number of nitrogens with two attached hydrogens (primary N) is 1. The van der Waals surface area contributed by atoms with Gasteiger partial charge >= 0.3 is 0 Å². The minimum Gasteiger partial charge on any atom is -0.369 e. The molecule has 5 heteroatoms.